The molecule has 2 heterocycles. The number of hydrogen-bond donors (Lipinski definition) is 0. The van der Waals surface area contributed by atoms with Crippen molar-refractivity contribution in [2.24, 2.45) is 15.4 Å². The number of hydrogen-bond acceptors (Lipinski definition) is 5. The minimum atomic E-state index is 0.0839. The first kappa shape index (κ1) is 23.0. The summed E-state index contributed by atoms with van der Waals surface area (Å²) >= 11 is 1.80. The molecule has 1 aromatic heterocycles. The SMILES string of the molecule is CC#C[C@@H](CC1=NN=NC1)c1ccc(OCc2ccc3scc(-c4c(C)cccc4C)c3c2)cc1. The van der Waals surface area contributed by atoms with E-state index in [0.717, 1.165) is 29.0 Å². The molecule has 1 aliphatic rings. The van der Waals surface area contributed by atoms with Crippen LogP contribution in [0.5, 0.6) is 5.75 Å². The van der Waals surface area contributed by atoms with Crippen LogP contribution in [0.4, 0.5) is 0 Å². The third kappa shape index (κ3) is 5.03. The lowest BCUT2D eigenvalue weighted by atomic mass is 9.94. The minimum Gasteiger partial charge on any atom is -0.489 e. The summed E-state index contributed by atoms with van der Waals surface area (Å²) in [5, 5.41) is 15.3. The van der Waals surface area contributed by atoms with Crippen molar-refractivity contribution in [3.05, 3.63) is 88.3 Å². The van der Waals surface area contributed by atoms with Gasteiger partial charge >= 0.3 is 0 Å². The van der Waals surface area contributed by atoms with Crippen molar-refractivity contribution in [1.82, 2.24) is 0 Å². The van der Waals surface area contributed by atoms with Gasteiger partial charge in [-0.1, -0.05) is 42.3 Å². The Balaban J connectivity index is 1.31. The Morgan fingerprint density at radius 1 is 1.03 bits per heavy atom. The average Bonchev–Trinajstić information content (AvgIpc) is 3.53. The molecule has 35 heavy (non-hydrogen) atoms. The molecule has 0 fully saturated rings. The summed E-state index contributed by atoms with van der Waals surface area (Å²) in [6.07, 6.45) is 0.747. The van der Waals surface area contributed by atoms with E-state index in [1.54, 1.807) is 11.3 Å². The van der Waals surface area contributed by atoms with Crippen LogP contribution in [0, 0.1) is 25.7 Å². The largest absolute Gasteiger partial charge is 0.489 e. The number of nitrogens with zero attached hydrogens (tertiary/aromatic N) is 3. The number of fused-ring (bicyclic) bond motifs is 1. The second-order valence-corrected chi connectivity index (χ2v) is 9.72. The third-order valence-corrected chi connectivity index (χ3v) is 7.30. The maximum atomic E-state index is 6.15. The molecular weight excluding hydrogens is 450 g/mol. The van der Waals surface area contributed by atoms with Gasteiger partial charge in [-0.15, -0.1) is 22.4 Å². The fraction of sp³-hybridized carbons (Fsp3) is 0.233. The lowest BCUT2D eigenvalue weighted by molar-refractivity contribution is 0.306. The van der Waals surface area contributed by atoms with E-state index in [1.807, 2.05) is 19.1 Å². The molecule has 0 N–H and O–H groups in total. The first-order valence-corrected chi connectivity index (χ1v) is 12.6. The zero-order chi connectivity index (χ0) is 24.2. The lowest BCUT2D eigenvalue weighted by Gasteiger charge is -2.12. The Labute approximate surface area is 210 Å². The molecule has 5 heteroatoms. The van der Waals surface area contributed by atoms with Gasteiger partial charge in [-0.05, 0) is 83.5 Å². The zero-order valence-corrected chi connectivity index (χ0v) is 21.0. The average molecular weight is 478 g/mol. The van der Waals surface area contributed by atoms with Crippen molar-refractivity contribution in [2.75, 3.05) is 6.54 Å². The normalized spacial score (nSPS) is 13.4. The quantitative estimate of drug-likeness (QED) is 0.248. The maximum absolute atomic E-state index is 6.15. The van der Waals surface area contributed by atoms with Crippen LogP contribution in [0.15, 0.2) is 81.5 Å². The summed E-state index contributed by atoms with van der Waals surface area (Å²) in [6, 6.07) is 21.4. The molecule has 0 bridgehead atoms. The fourth-order valence-electron chi connectivity index (χ4n) is 4.57. The second kappa shape index (κ2) is 10.2. The molecule has 0 amide bonds. The summed E-state index contributed by atoms with van der Waals surface area (Å²) in [4.78, 5) is 0. The van der Waals surface area contributed by atoms with Gasteiger partial charge in [-0.3, -0.25) is 0 Å². The Hall–Kier alpha value is -3.75. The summed E-state index contributed by atoms with van der Waals surface area (Å²) < 4.78 is 7.45. The van der Waals surface area contributed by atoms with Gasteiger partial charge in [0.05, 0.1) is 11.6 Å². The van der Waals surface area contributed by atoms with Crippen molar-refractivity contribution >= 4 is 27.1 Å². The van der Waals surface area contributed by atoms with Crippen LogP contribution in [0.25, 0.3) is 21.2 Å². The van der Waals surface area contributed by atoms with Crippen molar-refractivity contribution in [3.63, 3.8) is 0 Å². The van der Waals surface area contributed by atoms with Gasteiger partial charge in [0.2, 0.25) is 0 Å². The van der Waals surface area contributed by atoms with Crippen LogP contribution in [-0.2, 0) is 6.61 Å². The van der Waals surface area contributed by atoms with Crippen LogP contribution in [0.3, 0.4) is 0 Å². The zero-order valence-electron chi connectivity index (χ0n) is 20.2. The third-order valence-electron chi connectivity index (χ3n) is 6.34. The molecule has 0 spiro atoms. The minimum absolute atomic E-state index is 0.0839. The van der Waals surface area contributed by atoms with Gasteiger partial charge in [0.1, 0.15) is 18.9 Å². The van der Waals surface area contributed by atoms with Crippen molar-refractivity contribution < 1.29 is 4.74 Å². The van der Waals surface area contributed by atoms with E-state index in [9.17, 15) is 0 Å². The molecule has 0 unspecified atom stereocenters. The van der Waals surface area contributed by atoms with Gasteiger partial charge in [0.15, 0.2) is 0 Å². The van der Waals surface area contributed by atoms with Crippen LogP contribution in [0.1, 0.15) is 41.5 Å². The van der Waals surface area contributed by atoms with Crippen LogP contribution < -0.4 is 4.74 Å². The number of ether oxygens (including phenoxy) is 1. The van der Waals surface area contributed by atoms with Gasteiger partial charge in [0, 0.05) is 22.1 Å². The predicted molar refractivity (Wildman–Crippen MR) is 145 cm³/mol. The standard InChI is InChI=1S/C30H27N3OS/c1-4-6-24(16-25-17-31-33-32-25)23-10-12-26(13-11-23)34-18-22-9-14-29-27(15-22)28(19-35-29)30-20(2)7-5-8-21(30)3/h5,7-15,19,24H,16-18H2,1-3H3/t24-/m0/s1. The molecule has 4 nitrogen and oxygen atoms in total. The highest BCUT2D eigenvalue weighted by atomic mass is 32.1. The molecule has 4 aromatic rings. The molecular formula is C30H27N3OS. The van der Waals surface area contributed by atoms with E-state index in [-0.39, 0.29) is 5.92 Å². The monoisotopic (exact) mass is 477 g/mol. The van der Waals surface area contributed by atoms with E-state index in [0.29, 0.717) is 13.2 Å². The van der Waals surface area contributed by atoms with E-state index in [2.05, 4.69) is 95.0 Å². The highest BCUT2D eigenvalue weighted by Gasteiger charge is 2.15. The topological polar surface area (TPSA) is 46.3 Å². The molecule has 0 radical (unpaired) electrons. The molecule has 0 aliphatic carbocycles. The molecule has 1 atom stereocenters. The first-order valence-electron chi connectivity index (χ1n) is 11.8. The molecule has 0 saturated carbocycles. The van der Waals surface area contributed by atoms with E-state index in [1.165, 1.54) is 32.3 Å². The number of thiophene rings is 1. The van der Waals surface area contributed by atoms with Gasteiger partial charge in [-0.2, -0.15) is 5.11 Å². The number of rotatable bonds is 7. The van der Waals surface area contributed by atoms with E-state index < -0.39 is 0 Å². The van der Waals surface area contributed by atoms with Crippen molar-refractivity contribution in [3.8, 4) is 28.7 Å². The summed E-state index contributed by atoms with van der Waals surface area (Å²) in [5.41, 5.74) is 8.54. The fourth-order valence-corrected chi connectivity index (χ4v) is 5.50. The Kier molecular flexibility index (Phi) is 6.74. The highest BCUT2D eigenvalue weighted by Crippen LogP contribution is 2.38. The molecule has 0 saturated heterocycles. The molecule has 3 aromatic carbocycles. The van der Waals surface area contributed by atoms with Gasteiger partial charge in [0.25, 0.3) is 0 Å². The molecule has 1 aliphatic heterocycles. The molecule has 5 rings (SSSR count). The second-order valence-electron chi connectivity index (χ2n) is 8.81. The first-order chi connectivity index (χ1) is 17.1. The predicted octanol–water partition coefficient (Wildman–Crippen LogP) is 8.08. The van der Waals surface area contributed by atoms with Crippen molar-refractivity contribution in [1.29, 1.82) is 0 Å². The van der Waals surface area contributed by atoms with Crippen LogP contribution in [0.2, 0.25) is 0 Å². The molecule has 174 valence electrons. The Morgan fingerprint density at radius 2 is 1.83 bits per heavy atom. The van der Waals surface area contributed by atoms with Crippen LogP contribution >= 0.6 is 11.3 Å². The summed E-state index contributed by atoms with van der Waals surface area (Å²) in [6.45, 7) is 7.33. The van der Waals surface area contributed by atoms with E-state index >= 15 is 0 Å². The summed E-state index contributed by atoms with van der Waals surface area (Å²) in [7, 11) is 0. The van der Waals surface area contributed by atoms with Gasteiger partial charge in [-0.25, -0.2) is 0 Å². The van der Waals surface area contributed by atoms with Crippen LogP contribution in [-0.4, -0.2) is 12.3 Å². The smallest absolute Gasteiger partial charge is 0.119 e. The number of aryl methyl sites for hydroxylation is 2. The maximum Gasteiger partial charge on any atom is 0.119 e. The Bertz CT molecular complexity index is 1470. The number of benzene rings is 3. The lowest BCUT2D eigenvalue weighted by Crippen LogP contribution is -2.07. The highest BCUT2D eigenvalue weighted by molar-refractivity contribution is 7.17. The Morgan fingerprint density at radius 3 is 2.54 bits per heavy atom. The van der Waals surface area contributed by atoms with Crippen molar-refractivity contribution in [2.45, 2.75) is 39.7 Å². The van der Waals surface area contributed by atoms with Gasteiger partial charge < -0.3 is 4.74 Å². The van der Waals surface area contributed by atoms with E-state index in [4.69, 9.17) is 4.74 Å². The summed E-state index contributed by atoms with van der Waals surface area (Å²) in [5.74, 6) is 7.26.